The standard InChI is InChI=1S/C27H24F3NO3/c1-2-33-26(32)19-13-14-31-24(15-19)22-10-6-9-21(22)23-16-20(27(28,29)30)11-12-25(23)34-17-18-7-4-3-5-8-18/h3-5,7-8,11-16H,2,6,9-10,17H2,1H3. The van der Waals surface area contributed by atoms with Crippen LogP contribution in [-0.4, -0.2) is 17.6 Å². The van der Waals surface area contributed by atoms with Crippen molar-refractivity contribution in [2.75, 3.05) is 6.61 Å². The number of allylic oxidation sites excluding steroid dienone is 2. The highest BCUT2D eigenvalue weighted by Crippen LogP contribution is 2.44. The Morgan fingerprint density at radius 1 is 1.00 bits per heavy atom. The van der Waals surface area contributed by atoms with Crippen molar-refractivity contribution in [2.45, 2.75) is 39.0 Å². The minimum absolute atomic E-state index is 0.235. The van der Waals surface area contributed by atoms with Crippen LogP contribution in [0.2, 0.25) is 0 Å². The molecule has 0 radical (unpaired) electrons. The molecule has 34 heavy (non-hydrogen) atoms. The molecular formula is C27H24F3NO3. The van der Waals surface area contributed by atoms with Crippen LogP contribution < -0.4 is 4.74 Å². The summed E-state index contributed by atoms with van der Waals surface area (Å²) in [5, 5.41) is 0. The number of pyridine rings is 1. The Kier molecular flexibility index (Phi) is 7.01. The second-order valence-corrected chi connectivity index (χ2v) is 7.94. The van der Waals surface area contributed by atoms with Crippen molar-refractivity contribution in [3.8, 4) is 5.75 Å². The molecule has 4 nitrogen and oxygen atoms in total. The molecule has 1 aromatic heterocycles. The summed E-state index contributed by atoms with van der Waals surface area (Å²) in [6.07, 6.45) is -0.964. The van der Waals surface area contributed by atoms with Gasteiger partial charge in [-0.05, 0) is 73.2 Å². The van der Waals surface area contributed by atoms with Gasteiger partial charge in [-0.3, -0.25) is 4.98 Å². The molecule has 0 N–H and O–H groups in total. The normalized spacial score (nSPS) is 13.8. The number of esters is 1. The van der Waals surface area contributed by atoms with Gasteiger partial charge in [0.25, 0.3) is 0 Å². The van der Waals surface area contributed by atoms with Crippen LogP contribution in [0, 0.1) is 0 Å². The fourth-order valence-electron chi connectivity index (χ4n) is 4.06. The molecule has 0 unspecified atom stereocenters. The van der Waals surface area contributed by atoms with Gasteiger partial charge in [0.05, 0.1) is 23.4 Å². The number of carbonyl (C=O) groups is 1. The van der Waals surface area contributed by atoms with Gasteiger partial charge in [-0.25, -0.2) is 4.79 Å². The van der Waals surface area contributed by atoms with E-state index >= 15 is 0 Å². The van der Waals surface area contributed by atoms with Gasteiger partial charge in [-0.1, -0.05) is 30.3 Å². The molecule has 7 heteroatoms. The number of halogens is 3. The third-order valence-corrected chi connectivity index (χ3v) is 5.67. The summed E-state index contributed by atoms with van der Waals surface area (Å²) < 4.78 is 51.7. The van der Waals surface area contributed by atoms with Crippen molar-refractivity contribution in [1.82, 2.24) is 4.98 Å². The fourth-order valence-corrected chi connectivity index (χ4v) is 4.06. The van der Waals surface area contributed by atoms with Crippen molar-refractivity contribution in [2.24, 2.45) is 0 Å². The van der Waals surface area contributed by atoms with E-state index < -0.39 is 17.7 Å². The maximum atomic E-state index is 13.6. The first-order valence-electron chi connectivity index (χ1n) is 11.1. The highest BCUT2D eigenvalue weighted by Gasteiger charge is 2.32. The number of ether oxygens (including phenoxy) is 2. The predicted octanol–water partition coefficient (Wildman–Crippen LogP) is 6.95. The van der Waals surface area contributed by atoms with E-state index in [0.29, 0.717) is 35.4 Å². The lowest BCUT2D eigenvalue weighted by atomic mass is 9.96. The number of rotatable bonds is 7. The summed E-state index contributed by atoms with van der Waals surface area (Å²) in [6, 6.07) is 16.2. The smallest absolute Gasteiger partial charge is 0.416 e. The molecule has 0 amide bonds. The van der Waals surface area contributed by atoms with Crippen molar-refractivity contribution in [1.29, 1.82) is 0 Å². The molecule has 2 aromatic carbocycles. The number of nitrogens with zero attached hydrogens (tertiary/aromatic N) is 1. The zero-order valence-electron chi connectivity index (χ0n) is 18.7. The van der Waals surface area contributed by atoms with Crippen molar-refractivity contribution < 1.29 is 27.4 Å². The number of aromatic nitrogens is 1. The highest BCUT2D eigenvalue weighted by molar-refractivity contribution is 5.96. The molecule has 0 fully saturated rings. The van der Waals surface area contributed by atoms with E-state index in [4.69, 9.17) is 9.47 Å². The van der Waals surface area contributed by atoms with Crippen LogP contribution in [0.5, 0.6) is 5.75 Å². The Morgan fingerprint density at radius 2 is 1.76 bits per heavy atom. The van der Waals surface area contributed by atoms with E-state index in [1.807, 2.05) is 30.3 Å². The zero-order valence-corrected chi connectivity index (χ0v) is 18.7. The Bertz CT molecular complexity index is 1200. The van der Waals surface area contributed by atoms with Crippen LogP contribution >= 0.6 is 0 Å². The molecule has 0 atom stereocenters. The average molecular weight is 467 g/mol. The van der Waals surface area contributed by atoms with Crippen LogP contribution in [0.3, 0.4) is 0 Å². The summed E-state index contributed by atoms with van der Waals surface area (Å²) in [5.74, 6) is -0.0787. The molecule has 1 aliphatic rings. The SMILES string of the molecule is CCOC(=O)c1ccnc(C2=C(c3cc(C(F)(F)F)ccc3OCc3ccccc3)CCC2)c1. The number of hydrogen-bond acceptors (Lipinski definition) is 4. The molecule has 0 bridgehead atoms. The number of alkyl halides is 3. The molecule has 3 aromatic rings. The number of carbonyl (C=O) groups excluding carboxylic acids is 1. The van der Waals surface area contributed by atoms with Crippen LogP contribution in [0.1, 0.15) is 58.9 Å². The van der Waals surface area contributed by atoms with E-state index in [2.05, 4.69) is 4.98 Å². The fraction of sp³-hybridized carbons (Fsp3) is 0.259. The lowest BCUT2D eigenvalue weighted by molar-refractivity contribution is -0.137. The number of hydrogen-bond donors (Lipinski definition) is 0. The van der Waals surface area contributed by atoms with E-state index in [9.17, 15) is 18.0 Å². The maximum absolute atomic E-state index is 13.6. The van der Waals surface area contributed by atoms with Crippen molar-refractivity contribution in [3.05, 3.63) is 94.8 Å². The zero-order chi connectivity index (χ0) is 24.1. The lowest BCUT2D eigenvalue weighted by Gasteiger charge is -2.17. The van der Waals surface area contributed by atoms with Gasteiger partial charge in [-0.15, -0.1) is 0 Å². The Hall–Kier alpha value is -3.61. The van der Waals surface area contributed by atoms with E-state index in [-0.39, 0.29) is 13.2 Å². The molecule has 4 rings (SSSR count). The first kappa shape index (κ1) is 23.5. The third-order valence-electron chi connectivity index (χ3n) is 5.67. The quantitative estimate of drug-likeness (QED) is 0.353. The molecule has 1 heterocycles. The molecule has 0 aliphatic heterocycles. The van der Waals surface area contributed by atoms with Gasteiger partial charge in [0.2, 0.25) is 0 Å². The summed E-state index contributed by atoms with van der Waals surface area (Å²) >= 11 is 0. The van der Waals surface area contributed by atoms with Gasteiger partial charge in [0.1, 0.15) is 12.4 Å². The molecule has 0 spiro atoms. The van der Waals surface area contributed by atoms with E-state index in [1.54, 1.807) is 19.1 Å². The maximum Gasteiger partial charge on any atom is 0.416 e. The Morgan fingerprint density at radius 3 is 2.50 bits per heavy atom. The first-order chi connectivity index (χ1) is 16.4. The van der Waals surface area contributed by atoms with Crippen molar-refractivity contribution in [3.63, 3.8) is 0 Å². The minimum Gasteiger partial charge on any atom is -0.488 e. The second-order valence-electron chi connectivity index (χ2n) is 7.94. The largest absolute Gasteiger partial charge is 0.488 e. The minimum atomic E-state index is -4.48. The topological polar surface area (TPSA) is 48.4 Å². The summed E-state index contributed by atoms with van der Waals surface area (Å²) in [7, 11) is 0. The van der Waals surface area contributed by atoms with Crippen LogP contribution in [0.25, 0.3) is 11.1 Å². The molecule has 0 saturated heterocycles. The van der Waals surface area contributed by atoms with Gasteiger partial charge < -0.3 is 9.47 Å². The molecular weight excluding hydrogens is 443 g/mol. The van der Waals surface area contributed by atoms with Gasteiger partial charge in [0.15, 0.2) is 0 Å². The van der Waals surface area contributed by atoms with Crippen molar-refractivity contribution >= 4 is 17.1 Å². The van der Waals surface area contributed by atoms with Gasteiger partial charge in [-0.2, -0.15) is 13.2 Å². The van der Waals surface area contributed by atoms with Crippen LogP contribution in [-0.2, 0) is 17.5 Å². The molecule has 0 saturated carbocycles. The predicted molar refractivity (Wildman–Crippen MR) is 123 cm³/mol. The summed E-state index contributed by atoms with van der Waals surface area (Å²) in [5.41, 5.74) is 3.07. The summed E-state index contributed by atoms with van der Waals surface area (Å²) in [6.45, 7) is 2.21. The Labute approximate surface area is 196 Å². The van der Waals surface area contributed by atoms with Crippen LogP contribution in [0.15, 0.2) is 66.9 Å². The third kappa shape index (κ3) is 5.30. The second kappa shape index (κ2) is 10.1. The highest BCUT2D eigenvalue weighted by atomic mass is 19.4. The van der Waals surface area contributed by atoms with Crippen LogP contribution in [0.4, 0.5) is 13.2 Å². The summed E-state index contributed by atoms with van der Waals surface area (Å²) in [4.78, 5) is 16.6. The van der Waals surface area contributed by atoms with Gasteiger partial charge >= 0.3 is 12.1 Å². The van der Waals surface area contributed by atoms with E-state index in [1.165, 1.54) is 12.3 Å². The Balaban J connectivity index is 1.76. The average Bonchev–Trinajstić information content (AvgIpc) is 3.33. The monoisotopic (exact) mass is 467 g/mol. The lowest BCUT2D eigenvalue weighted by Crippen LogP contribution is -2.07. The first-order valence-corrected chi connectivity index (χ1v) is 11.1. The molecule has 176 valence electrons. The van der Waals surface area contributed by atoms with E-state index in [0.717, 1.165) is 35.3 Å². The molecule has 1 aliphatic carbocycles. The number of benzene rings is 2. The van der Waals surface area contributed by atoms with Gasteiger partial charge in [0, 0.05) is 11.8 Å².